The van der Waals surface area contributed by atoms with Crippen LogP contribution in [-0.4, -0.2) is 25.1 Å². The number of nitrogens with one attached hydrogen (secondary N) is 2. The molecule has 0 bridgehead atoms. The third-order valence-electron chi connectivity index (χ3n) is 4.89. The molecular weight excluding hydrogens is 362 g/mol. The van der Waals surface area contributed by atoms with Crippen LogP contribution in [0.25, 0.3) is 0 Å². The number of fused-ring (bicyclic) bond motifs is 1. The number of amides is 1. The van der Waals surface area contributed by atoms with Crippen molar-refractivity contribution in [3.05, 3.63) is 58.9 Å². The summed E-state index contributed by atoms with van der Waals surface area (Å²) in [7, 11) is -3.26. The van der Waals surface area contributed by atoms with Crippen LogP contribution >= 0.6 is 0 Å². The van der Waals surface area contributed by atoms with Crippen LogP contribution in [0.2, 0.25) is 0 Å². The summed E-state index contributed by atoms with van der Waals surface area (Å²) in [5.41, 5.74) is 3.65. The summed E-state index contributed by atoms with van der Waals surface area (Å²) in [5, 5.41) is 6.32. The van der Waals surface area contributed by atoms with Gasteiger partial charge in [0.15, 0.2) is 9.84 Å². The minimum absolute atomic E-state index is 0.0373. The fourth-order valence-electron chi connectivity index (χ4n) is 3.27. The average Bonchev–Trinajstić information content (AvgIpc) is 3.10. The molecule has 2 aromatic rings. The van der Waals surface area contributed by atoms with Gasteiger partial charge in [-0.15, -0.1) is 0 Å². The van der Waals surface area contributed by atoms with E-state index in [1.54, 1.807) is 13.0 Å². The molecule has 1 amide bonds. The highest BCUT2D eigenvalue weighted by atomic mass is 32.2. The lowest BCUT2D eigenvalue weighted by molar-refractivity contribution is 0.0950. The number of aromatic nitrogens is 1. The quantitative estimate of drug-likeness (QED) is 0.795. The lowest BCUT2D eigenvalue weighted by Crippen LogP contribution is -2.23. The molecule has 1 aromatic heterocycles. The Balaban J connectivity index is 1.65. The van der Waals surface area contributed by atoms with Crippen molar-refractivity contribution in [1.29, 1.82) is 0 Å². The minimum Gasteiger partial charge on any atom is -0.346 e. The van der Waals surface area contributed by atoms with E-state index in [0.717, 1.165) is 12.1 Å². The minimum atomic E-state index is -3.26. The number of benzene rings is 1. The molecule has 1 atom stereocenters. The van der Waals surface area contributed by atoms with E-state index in [2.05, 4.69) is 29.5 Å². The Bertz CT molecular complexity index is 937. The molecule has 0 aliphatic carbocycles. The predicted octanol–water partition coefficient (Wildman–Crippen LogP) is 2.61. The van der Waals surface area contributed by atoms with Crippen LogP contribution in [0.4, 0.5) is 0 Å². The maximum Gasteiger partial charge on any atom is 0.251 e. The molecule has 1 aromatic carbocycles. The van der Waals surface area contributed by atoms with Crippen LogP contribution in [0.5, 0.6) is 0 Å². The van der Waals surface area contributed by atoms with E-state index in [1.807, 2.05) is 18.2 Å². The van der Waals surface area contributed by atoms with Gasteiger partial charge in [-0.25, -0.2) is 8.42 Å². The fourth-order valence-corrected chi connectivity index (χ4v) is 4.09. The molecule has 0 saturated carbocycles. The van der Waals surface area contributed by atoms with Gasteiger partial charge in [0.2, 0.25) is 0 Å². The summed E-state index contributed by atoms with van der Waals surface area (Å²) in [5.74, 6) is 0.365. The molecule has 0 radical (unpaired) electrons. The average molecular weight is 388 g/mol. The van der Waals surface area contributed by atoms with Gasteiger partial charge in [0, 0.05) is 24.3 Å². The van der Waals surface area contributed by atoms with Crippen LogP contribution in [0.3, 0.4) is 0 Å². The topological polar surface area (TPSA) is 88.2 Å². The maximum absolute atomic E-state index is 12.5. The van der Waals surface area contributed by atoms with Gasteiger partial charge in [-0.3, -0.25) is 9.78 Å². The number of hydrogen-bond donors (Lipinski definition) is 2. The number of hydrogen-bond acceptors (Lipinski definition) is 5. The van der Waals surface area contributed by atoms with Gasteiger partial charge in [-0.2, -0.15) is 0 Å². The number of rotatable bonds is 6. The van der Waals surface area contributed by atoms with Crippen molar-refractivity contribution < 1.29 is 13.2 Å². The molecule has 7 heteroatoms. The number of carbonyl (C=O) groups excluding carboxylic acids is 1. The highest BCUT2D eigenvalue weighted by Gasteiger charge is 2.25. The SMILES string of the molecule is CCS(=O)(=O)c1ccc(CNC(=O)c2ccc3c(c2)CNC3C(C)C)nc1. The van der Waals surface area contributed by atoms with E-state index in [9.17, 15) is 13.2 Å². The van der Waals surface area contributed by atoms with Crippen LogP contribution in [-0.2, 0) is 22.9 Å². The van der Waals surface area contributed by atoms with Crippen LogP contribution in [0.15, 0.2) is 41.4 Å². The van der Waals surface area contributed by atoms with E-state index < -0.39 is 9.84 Å². The second kappa shape index (κ2) is 7.78. The molecule has 1 aliphatic rings. The smallest absolute Gasteiger partial charge is 0.251 e. The van der Waals surface area contributed by atoms with Gasteiger partial charge in [0.25, 0.3) is 5.91 Å². The molecule has 0 spiro atoms. The molecule has 1 aliphatic heterocycles. The Labute approximate surface area is 160 Å². The fraction of sp³-hybridized carbons (Fsp3) is 0.400. The zero-order chi connectivity index (χ0) is 19.6. The summed E-state index contributed by atoms with van der Waals surface area (Å²) in [6.45, 7) is 6.97. The zero-order valence-corrected chi connectivity index (χ0v) is 16.6. The van der Waals surface area contributed by atoms with Gasteiger partial charge in [-0.1, -0.05) is 26.8 Å². The first-order valence-electron chi connectivity index (χ1n) is 9.14. The van der Waals surface area contributed by atoms with Crippen molar-refractivity contribution in [2.45, 2.75) is 44.8 Å². The molecular formula is C20H25N3O3S. The van der Waals surface area contributed by atoms with Gasteiger partial charge in [-0.05, 0) is 41.3 Å². The van der Waals surface area contributed by atoms with Crippen LogP contribution in [0, 0.1) is 5.92 Å². The summed E-state index contributed by atoms with van der Waals surface area (Å²) in [6.07, 6.45) is 1.34. The molecule has 144 valence electrons. The van der Waals surface area contributed by atoms with Crippen molar-refractivity contribution >= 4 is 15.7 Å². The largest absolute Gasteiger partial charge is 0.346 e. The molecule has 0 fully saturated rings. The Hall–Kier alpha value is -2.25. The Kier molecular flexibility index (Phi) is 5.62. The summed E-state index contributed by atoms with van der Waals surface area (Å²) >= 11 is 0. The molecule has 1 unspecified atom stereocenters. The van der Waals surface area contributed by atoms with Crippen molar-refractivity contribution in [3.63, 3.8) is 0 Å². The Morgan fingerprint density at radius 1 is 1.30 bits per heavy atom. The monoisotopic (exact) mass is 387 g/mol. The molecule has 3 rings (SSSR count). The first-order valence-corrected chi connectivity index (χ1v) is 10.8. The lowest BCUT2D eigenvalue weighted by atomic mass is 9.95. The van der Waals surface area contributed by atoms with Crippen LogP contribution in [0.1, 0.15) is 54.0 Å². The van der Waals surface area contributed by atoms with E-state index in [-0.39, 0.29) is 23.1 Å². The zero-order valence-electron chi connectivity index (χ0n) is 15.8. The van der Waals surface area contributed by atoms with E-state index in [4.69, 9.17) is 0 Å². The van der Waals surface area contributed by atoms with Gasteiger partial charge in [0.1, 0.15) is 0 Å². The van der Waals surface area contributed by atoms with Crippen molar-refractivity contribution in [2.75, 3.05) is 5.75 Å². The molecule has 2 N–H and O–H groups in total. The highest BCUT2D eigenvalue weighted by molar-refractivity contribution is 7.91. The predicted molar refractivity (Wildman–Crippen MR) is 104 cm³/mol. The first kappa shape index (κ1) is 19.5. The van der Waals surface area contributed by atoms with E-state index in [1.165, 1.54) is 17.8 Å². The maximum atomic E-state index is 12.5. The van der Waals surface area contributed by atoms with Crippen molar-refractivity contribution in [3.8, 4) is 0 Å². The molecule has 27 heavy (non-hydrogen) atoms. The van der Waals surface area contributed by atoms with Crippen LogP contribution < -0.4 is 10.6 Å². The first-order chi connectivity index (χ1) is 12.8. The second-order valence-electron chi connectivity index (χ2n) is 7.09. The number of pyridine rings is 1. The van der Waals surface area contributed by atoms with E-state index >= 15 is 0 Å². The van der Waals surface area contributed by atoms with Crippen molar-refractivity contribution in [2.24, 2.45) is 5.92 Å². The normalized spacial score (nSPS) is 16.4. The van der Waals surface area contributed by atoms with E-state index in [0.29, 0.717) is 23.2 Å². The van der Waals surface area contributed by atoms with Gasteiger partial charge in [0.05, 0.1) is 22.9 Å². The summed E-state index contributed by atoms with van der Waals surface area (Å²) < 4.78 is 23.6. The molecule has 6 nitrogen and oxygen atoms in total. The number of sulfone groups is 1. The van der Waals surface area contributed by atoms with Gasteiger partial charge < -0.3 is 10.6 Å². The standard InChI is InChI=1S/C20H25N3O3S/c1-4-27(25,26)17-7-6-16(21-12-17)11-23-20(24)14-5-8-18-15(9-14)10-22-19(18)13(2)3/h5-9,12-13,19,22H,4,10-11H2,1-3H3,(H,23,24). The second-order valence-corrected chi connectivity index (χ2v) is 9.37. The van der Waals surface area contributed by atoms with Gasteiger partial charge >= 0.3 is 0 Å². The lowest BCUT2D eigenvalue weighted by Gasteiger charge is -2.16. The molecule has 0 saturated heterocycles. The Morgan fingerprint density at radius 3 is 2.70 bits per heavy atom. The third kappa shape index (κ3) is 4.20. The third-order valence-corrected chi connectivity index (χ3v) is 6.61. The highest BCUT2D eigenvalue weighted by Crippen LogP contribution is 2.31. The number of carbonyl (C=O) groups is 1. The molecule has 2 heterocycles. The number of nitrogens with zero attached hydrogens (tertiary/aromatic N) is 1. The Morgan fingerprint density at radius 2 is 2.07 bits per heavy atom. The summed E-state index contributed by atoms with van der Waals surface area (Å²) in [6, 6.07) is 9.30. The van der Waals surface area contributed by atoms with Crippen molar-refractivity contribution in [1.82, 2.24) is 15.6 Å². The summed E-state index contributed by atoms with van der Waals surface area (Å²) in [4.78, 5) is 16.8.